The van der Waals surface area contributed by atoms with Gasteiger partial charge in [-0.1, -0.05) is 48.0 Å². The van der Waals surface area contributed by atoms with Crippen LogP contribution in [0.25, 0.3) is 10.8 Å². The number of nitrogens with one attached hydrogen (secondary N) is 2. The Morgan fingerprint density at radius 2 is 2.00 bits per heavy atom. The van der Waals surface area contributed by atoms with Crippen LogP contribution >= 0.6 is 23.8 Å². The highest BCUT2D eigenvalue weighted by Crippen LogP contribution is 2.22. The number of hydrogen-bond donors (Lipinski definition) is 2. The zero-order valence-corrected chi connectivity index (χ0v) is 15.0. The highest BCUT2D eigenvalue weighted by atomic mass is 35.5. The molecular formula is C18H19ClN4S. The third kappa shape index (κ3) is 3.86. The Kier molecular flexibility index (Phi) is 5.33. The Labute approximate surface area is 151 Å². The molecule has 0 aliphatic rings. The maximum atomic E-state index is 6.00. The van der Waals surface area contributed by atoms with E-state index in [0.29, 0.717) is 10.1 Å². The number of nitrogens with zero attached hydrogens (tertiary/aromatic N) is 2. The predicted molar refractivity (Wildman–Crippen MR) is 105 cm³/mol. The Bertz CT molecular complexity index is 854. The highest BCUT2D eigenvalue weighted by molar-refractivity contribution is 7.80. The first-order valence-corrected chi connectivity index (χ1v) is 8.64. The molecule has 0 saturated heterocycles. The van der Waals surface area contributed by atoms with Crippen molar-refractivity contribution in [2.45, 2.75) is 19.9 Å². The van der Waals surface area contributed by atoms with Crippen LogP contribution < -0.4 is 10.6 Å². The molecule has 0 radical (unpaired) electrons. The molecule has 0 bridgehead atoms. The number of aryl methyl sites for hydroxylation is 1. The summed E-state index contributed by atoms with van der Waals surface area (Å²) in [6, 6.07) is 14.4. The zero-order chi connectivity index (χ0) is 16.9. The quantitative estimate of drug-likeness (QED) is 0.524. The molecule has 0 aliphatic heterocycles. The van der Waals surface area contributed by atoms with Gasteiger partial charge in [-0.15, -0.1) is 0 Å². The Balaban J connectivity index is 1.51. The summed E-state index contributed by atoms with van der Waals surface area (Å²) >= 11 is 11.4. The van der Waals surface area contributed by atoms with Gasteiger partial charge < -0.3 is 10.6 Å². The van der Waals surface area contributed by atoms with Crippen LogP contribution in [-0.2, 0) is 6.54 Å². The summed E-state index contributed by atoms with van der Waals surface area (Å²) in [4.78, 5) is 0. The van der Waals surface area contributed by atoms with Gasteiger partial charge in [-0.2, -0.15) is 5.10 Å². The van der Waals surface area contributed by atoms with Crippen molar-refractivity contribution in [2.75, 3.05) is 11.9 Å². The van der Waals surface area contributed by atoms with Gasteiger partial charge >= 0.3 is 0 Å². The summed E-state index contributed by atoms with van der Waals surface area (Å²) in [6.07, 6.45) is 2.59. The fraction of sp³-hybridized carbons (Fsp3) is 0.222. The van der Waals surface area contributed by atoms with Crippen molar-refractivity contribution in [1.29, 1.82) is 0 Å². The van der Waals surface area contributed by atoms with E-state index < -0.39 is 0 Å². The van der Waals surface area contributed by atoms with Crippen LogP contribution in [0.1, 0.15) is 12.1 Å². The number of aromatic nitrogens is 2. The molecule has 0 unspecified atom stereocenters. The lowest BCUT2D eigenvalue weighted by Crippen LogP contribution is -2.30. The predicted octanol–water partition coefficient (Wildman–Crippen LogP) is 4.37. The van der Waals surface area contributed by atoms with Gasteiger partial charge in [0.15, 0.2) is 5.11 Å². The molecule has 24 heavy (non-hydrogen) atoms. The second kappa shape index (κ2) is 7.64. The van der Waals surface area contributed by atoms with Gasteiger partial charge in [0.05, 0.1) is 16.9 Å². The van der Waals surface area contributed by atoms with E-state index in [2.05, 4.69) is 33.9 Å². The summed E-state index contributed by atoms with van der Waals surface area (Å²) in [5.74, 6) is 0. The van der Waals surface area contributed by atoms with Crippen LogP contribution in [0.4, 0.5) is 5.69 Å². The molecule has 0 fully saturated rings. The van der Waals surface area contributed by atoms with E-state index in [9.17, 15) is 0 Å². The zero-order valence-electron chi connectivity index (χ0n) is 13.4. The molecule has 0 saturated carbocycles. The summed E-state index contributed by atoms with van der Waals surface area (Å²) in [5, 5.41) is 14.4. The van der Waals surface area contributed by atoms with E-state index in [1.165, 1.54) is 5.39 Å². The Hall–Kier alpha value is -2.11. The number of rotatable bonds is 5. The van der Waals surface area contributed by atoms with Crippen LogP contribution in [-0.4, -0.2) is 21.4 Å². The second-order valence-corrected chi connectivity index (χ2v) is 6.38. The smallest absolute Gasteiger partial charge is 0.170 e. The normalized spacial score (nSPS) is 10.8. The van der Waals surface area contributed by atoms with E-state index in [4.69, 9.17) is 23.8 Å². The van der Waals surface area contributed by atoms with Crippen molar-refractivity contribution in [3.63, 3.8) is 0 Å². The number of anilines is 1. The van der Waals surface area contributed by atoms with Gasteiger partial charge in [-0.25, -0.2) is 0 Å². The number of thiocarbonyl (C=S) groups is 1. The van der Waals surface area contributed by atoms with Gasteiger partial charge in [-0.05, 0) is 37.0 Å². The molecule has 1 heterocycles. The second-order valence-electron chi connectivity index (χ2n) is 5.56. The molecule has 2 aromatic carbocycles. The summed E-state index contributed by atoms with van der Waals surface area (Å²) in [7, 11) is 0. The molecule has 1 aromatic heterocycles. The van der Waals surface area contributed by atoms with Crippen molar-refractivity contribution in [2.24, 2.45) is 0 Å². The van der Waals surface area contributed by atoms with Crippen molar-refractivity contribution in [3.05, 3.63) is 59.4 Å². The van der Waals surface area contributed by atoms with E-state index in [1.54, 1.807) is 6.20 Å². The van der Waals surface area contributed by atoms with E-state index in [-0.39, 0.29) is 0 Å². The third-order valence-corrected chi connectivity index (χ3v) is 4.53. The van der Waals surface area contributed by atoms with E-state index in [0.717, 1.165) is 36.3 Å². The Morgan fingerprint density at radius 3 is 2.79 bits per heavy atom. The SMILES string of the molecule is Cc1c(Cl)cnn1CCCNC(=S)Nc1cccc2ccccc12. The molecule has 3 aromatic rings. The molecule has 0 spiro atoms. The van der Waals surface area contributed by atoms with Crippen LogP contribution in [0.2, 0.25) is 5.02 Å². The fourth-order valence-corrected chi connectivity index (χ4v) is 2.93. The monoisotopic (exact) mass is 358 g/mol. The van der Waals surface area contributed by atoms with Gasteiger partial charge in [0, 0.05) is 24.2 Å². The first-order valence-electron chi connectivity index (χ1n) is 7.85. The number of hydrogen-bond acceptors (Lipinski definition) is 2. The summed E-state index contributed by atoms with van der Waals surface area (Å²) in [6.45, 7) is 3.55. The maximum absolute atomic E-state index is 6.00. The number of benzene rings is 2. The lowest BCUT2D eigenvalue weighted by molar-refractivity contribution is 0.561. The molecule has 6 heteroatoms. The van der Waals surface area contributed by atoms with Crippen molar-refractivity contribution < 1.29 is 0 Å². The molecule has 3 rings (SSSR count). The molecule has 0 amide bonds. The minimum Gasteiger partial charge on any atom is -0.362 e. The molecular weight excluding hydrogens is 340 g/mol. The maximum Gasteiger partial charge on any atom is 0.170 e. The average molecular weight is 359 g/mol. The lowest BCUT2D eigenvalue weighted by atomic mass is 10.1. The summed E-state index contributed by atoms with van der Waals surface area (Å²) in [5.41, 5.74) is 2.01. The van der Waals surface area contributed by atoms with Gasteiger partial charge in [0.1, 0.15) is 0 Å². The van der Waals surface area contributed by atoms with Crippen molar-refractivity contribution in [3.8, 4) is 0 Å². The van der Waals surface area contributed by atoms with E-state index in [1.807, 2.05) is 35.9 Å². The first-order chi connectivity index (χ1) is 11.6. The van der Waals surface area contributed by atoms with Gasteiger partial charge in [-0.3, -0.25) is 4.68 Å². The Morgan fingerprint density at radius 1 is 1.21 bits per heavy atom. The van der Waals surface area contributed by atoms with Crippen LogP contribution in [0.3, 0.4) is 0 Å². The molecule has 2 N–H and O–H groups in total. The van der Waals surface area contributed by atoms with Crippen molar-refractivity contribution >= 4 is 45.4 Å². The molecule has 0 atom stereocenters. The lowest BCUT2D eigenvalue weighted by Gasteiger charge is -2.13. The topological polar surface area (TPSA) is 41.9 Å². The molecule has 4 nitrogen and oxygen atoms in total. The van der Waals surface area contributed by atoms with Crippen LogP contribution in [0.5, 0.6) is 0 Å². The average Bonchev–Trinajstić information content (AvgIpc) is 2.91. The molecule has 124 valence electrons. The van der Waals surface area contributed by atoms with Crippen molar-refractivity contribution in [1.82, 2.24) is 15.1 Å². The minimum absolute atomic E-state index is 0.626. The number of halogens is 1. The first kappa shape index (κ1) is 16.7. The van der Waals surface area contributed by atoms with E-state index >= 15 is 0 Å². The van der Waals surface area contributed by atoms with Gasteiger partial charge in [0.2, 0.25) is 0 Å². The highest BCUT2D eigenvalue weighted by Gasteiger charge is 2.04. The largest absolute Gasteiger partial charge is 0.362 e. The third-order valence-electron chi connectivity index (χ3n) is 3.91. The fourth-order valence-electron chi connectivity index (χ4n) is 2.58. The van der Waals surface area contributed by atoms with Gasteiger partial charge in [0.25, 0.3) is 0 Å². The standard InChI is InChI=1S/C18H19ClN4S/c1-13-16(19)12-21-23(13)11-5-10-20-18(24)22-17-9-4-7-14-6-2-3-8-15(14)17/h2-4,6-9,12H,5,10-11H2,1H3,(H2,20,22,24). The minimum atomic E-state index is 0.626. The van der Waals surface area contributed by atoms with Crippen LogP contribution in [0.15, 0.2) is 48.7 Å². The van der Waals surface area contributed by atoms with Crippen LogP contribution in [0, 0.1) is 6.92 Å². The summed E-state index contributed by atoms with van der Waals surface area (Å²) < 4.78 is 1.91. The molecule has 0 aliphatic carbocycles. The number of fused-ring (bicyclic) bond motifs is 1.